The zero-order valence-corrected chi connectivity index (χ0v) is 15.0. The van der Waals surface area contributed by atoms with E-state index in [4.69, 9.17) is 11.6 Å². The first-order valence-electron chi connectivity index (χ1n) is 8.23. The van der Waals surface area contributed by atoms with Crippen molar-refractivity contribution in [2.24, 2.45) is 0 Å². The van der Waals surface area contributed by atoms with Crippen LogP contribution in [0.3, 0.4) is 0 Å². The van der Waals surface area contributed by atoms with Crippen LogP contribution in [0.25, 0.3) is 0 Å². The highest BCUT2D eigenvalue weighted by Gasteiger charge is 2.33. The Morgan fingerprint density at radius 2 is 1.93 bits per heavy atom. The van der Waals surface area contributed by atoms with Crippen LogP contribution < -0.4 is 10.2 Å². The first-order valence-corrected chi connectivity index (χ1v) is 8.60. The monoisotopic (exact) mass is 399 g/mol. The molecule has 1 aliphatic heterocycles. The Morgan fingerprint density at radius 1 is 1.19 bits per heavy atom. The minimum Gasteiger partial charge on any atom is -0.353 e. The number of halogens is 4. The summed E-state index contributed by atoms with van der Waals surface area (Å²) in [7, 11) is 0. The number of aromatic nitrogens is 2. The Morgan fingerprint density at radius 3 is 2.56 bits per heavy atom. The molecule has 1 amide bonds. The fourth-order valence-corrected chi connectivity index (χ4v) is 3.04. The lowest BCUT2D eigenvalue weighted by molar-refractivity contribution is -0.137. The first kappa shape index (κ1) is 19.4. The second-order valence-corrected chi connectivity index (χ2v) is 6.47. The molecule has 6 nitrogen and oxygen atoms in total. The molecular weight excluding hydrogens is 383 g/mol. The lowest BCUT2D eigenvalue weighted by Gasteiger charge is -2.34. The van der Waals surface area contributed by atoms with Crippen LogP contribution in [-0.4, -0.2) is 53.5 Å². The van der Waals surface area contributed by atoms with Crippen molar-refractivity contribution in [3.63, 3.8) is 0 Å². The number of anilines is 2. The molecule has 1 aromatic carbocycles. The maximum Gasteiger partial charge on any atom is 0.417 e. The molecule has 10 heteroatoms. The van der Waals surface area contributed by atoms with E-state index in [9.17, 15) is 18.0 Å². The van der Waals surface area contributed by atoms with Crippen molar-refractivity contribution in [2.45, 2.75) is 6.18 Å². The summed E-state index contributed by atoms with van der Waals surface area (Å²) >= 11 is 5.58. The van der Waals surface area contributed by atoms with Crippen molar-refractivity contribution >= 4 is 29.0 Å². The van der Waals surface area contributed by atoms with Crippen molar-refractivity contribution < 1.29 is 18.0 Å². The van der Waals surface area contributed by atoms with E-state index in [0.29, 0.717) is 26.2 Å². The van der Waals surface area contributed by atoms with Gasteiger partial charge in [-0.05, 0) is 18.2 Å². The number of nitrogens with zero attached hydrogens (tertiary/aromatic N) is 4. The number of benzene rings is 1. The van der Waals surface area contributed by atoms with Crippen molar-refractivity contribution in [1.82, 2.24) is 14.9 Å². The average Bonchev–Trinajstić information content (AvgIpc) is 2.64. The Hall–Kier alpha value is -2.39. The summed E-state index contributed by atoms with van der Waals surface area (Å²) in [4.78, 5) is 24.4. The van der Waals surface area contributed by atoms with E-state index < -0.39 is 16.8 Å². The summed E-state index contributed by atoms with van der Waals surface area (Å²) in [6.07, 6.45) is 0.330. The van der Waals surface area contributed by atoms with Gasteiger partial charge in [-0.1, -0.05) is 11.6 Å². The number of amides is 1. The van der Waals surface area contributed by atoms with E-state index in [1.165, 1.54) is 6.07 Å². The third kappa shape index (κ3) is 5.08. The first-order chi connectivity index (χ1) is 12.8. The molecule has 3 rings (SSSR count). The van der Waals surface area contributed by atoms with Gasteiger partial charge in [-0.25, -0.2) is 4.98 Å². The van der Waals surface area contributed by atoms with Crippen LogP contribution in [0, 0.1) is 0 Å². The van der Waals surface area contributed by atoms with Crippen LogP contribution in [0.2, 0.25) is 5.02 Å². The summed E-state index contributed by atoms with van der Waals surface area (Å²) in [5.74, 6) is 0.404. The van der Waals surface area contributed by atoms with Crippen LogP contribution in [0.5, 0.6) is 0 Å². The minimum absolute atomic E-state index is 0.0647. The third-order valence-corrected chi connectivity index (χ3v) is 4.50. The summed E-state index contributed by atoms with van der Waals surface area (Å²) in [6, 6.07) is 3.31. The minimum atomic E-state index is -4.57. The number of carbonyl (C=O) groups is 1. The molecule has 0 aliphatic carbocycles. The van der Waals surface area contributed by atoms with E-state index in [2.05, 4.69) is 20.2 Å². The van der Waals surface area contributed by atoms with Gasteiger partial charge in [0.1, 0.15) is 5.82 Å². The summed E-state index contributed by atoms with van der Waals surface area (Å²) in [6.45, 7) is 2.74. The highest BCUT2D eigenvalue weighted by molar-refractivity contribution is 6.31. The van der Waals surface area contributed by atoms with Gasteiger partial charge in [0.05, 0.1) is 23.3 Å². The summed E-state index contributed by atoms with van der Waals surface area (Å²) in [5, 5.41) is 2.09. The molecule has 1 saturated heterocycles. The van der Waals surface area contributed by atoms with Gasteiger partial charge in [0.15, 0.2) is 0 Å². The van der Waals surface area contributed by atoms with Gasteiger partial charge in [0.25, 0.3) is 0 Å². The maximum atomic E-state index is 12.9. The third-order valence-electron chi connectivity index (χ3n) is 4.17. The molecule has 2 heterocycles. The van der Waals surface area contributed by atoms with Crippen molar-refractivity contribution in [2.75, 3.05) is 42.9 Å². The van der Waals surface area contributed by atoms with Crippen LogP contribution in [0.15, 0.2) is 36.8 Å². The number of rotatable bonds is 4. The number of piperazine rings is 1. The fraction of sp³-hybridized carbons (Fsp3) is 0.353. The molecule has 0 spiro atoms. The Kier molecular flexibility index (Phi) is 5.81. The van der Waals surface area contributed by atoms with E-state index in [0.717, 1.165) is 18.0 Å². The number of alkyl halides is 3. The molecular formula is C17H17ClF3N5O. The van der Waals surface area contributed by atoms with Gasteiger partial charge < -0.3 is 10.2 Å². The molecule has 144 valence electrons. The fourth-order valence-electron chi connectivity index (χ4n) is 2.81. The molecule has 0 unspecified atom stereocenters. The van der Waals surface area contributed by atoms with Crippen LogP contribution in [0.4, 0.5) is 24.7 Å². The number of hydrogen-bond acceptors (Lipinski definition) is 5. The largest absolute Gasteiger partial charge is 0.417 e. The lowest BCUT2D eigenvalue weighted by atomic mass is 10.2. The SMILES string of the molecule is O=C(CN1CCN(c2cnccn2)CC1)Nc1ccc(Cl)c(C(F)(F)F)c1. The second kappa shape index (κ2) is 8.10. The second-order valence-electron chi connectivity index (χ2n) is 6.07. The van der Waals surface area contributed by atoms with Crippen molar-refractivity contribution in [3.05, 3.63) is 47.4 Å². The molecule has 2 aromatic rings. The predicted molar refractivity (Wildman–Crippen MR) is 95.8 cm³/mol. The van der Waals surface area contributed by atoms with E-state index in [-0.39, 0.29) is 18.1 Å². The zero-order chi connectivity index (χ0) is 19.4. The number of carbonyl (C=O) groups excluding carboxylic acids is 1. The summed E-state index contributed by atoms with van der Waals surface area (Å²) < 4.78 is 38.7. The number of nitrogens with one attached hydrogen (secondary N) is 1. The number of hydrogen-bond donors (Lipinski definition) is 1. The predicted octanol–water partition coefficient (Wildman–Crippen LogP) is 2.91. The van der Waals surface area contributed by atoms with Gasteiger partial charge >= 0.3 is 6.18 Å². The van der Waals surface area contributed by atoms with E-state index >= 15 is 0 Å². The molecule has 0 bridgehead atoms. The van der Waals surface area contributed by atoms with Gasteiger partial charge in [0, 0.05) is 44.3 Å². The summed E-state index contributed by atoms with van der Waals surface area (Å²) in [5.41, 5.74) is -0.908. The van der Waals surface area contributed by atoms with Crippen molar-refractivity contribution in [1.29, 1.82) is 0 Å². The van der Waals surface area contributed by atoms with E-state index in [1.54, 1.807) is 18.6 Å². The standard InChI is InChI=1S/C17H17ClF3N5O/c18-14-2-1-12(9-13(14)17(19,20)21)24-16(27)11-25-5-7-26(8-6-25)15-10-22-3-4-23-15/h1-4,9-10H,5-8,11H2,(H,24,27). The quantitative estimate of drug-likeness (QED) is 0.856. The smallest absolute Gasteiger partial charge is 0.353 e. The van der Waals surface area contributed by atoms with Crippen molar-refractivity contribution in [3.8, 4) is 0 Å². The molecule has 1 aromatic heterocycles. The molecule has 1 aliphatic rings. The van der Waals surface area contributed by atoms with Crippen LogP contribution >= 0.6 is 11.6 Å². The molecule has 0 radical (unpaired) electrons. The van der Waals surface area contributed by atoms with Gasteiger partial charge in [-0.3, -0.25) is 14.7 Å². The highest BCUT2D eigenvalue weighted by atomic mass is 35.5. The van der Waals surface area contributed by atoms with Gasteiger partial charge in [0.2, 0.25) is 5.91 Å². The Labute approximate surface area is 159 Å². The van der Waals surface area contributed by atoms with Crippen LogP contribution in [-0.2, 0) is 11.0 Å². The maximum absolute atomic E-state index is 12.9. The van der Waals surface area contributed by atoms with Gasteiger partial charge in [-0.15, -0.1) is 0 Å². The normalized spacial score (nSPS) is 15.6. The molecule has 0 atom stereocenters. The Balaban J connectivity index is 1.53. The van der Waals surface area contributed by atoms with Gasteiger partial charge in [-0.2, -0.15) is 13.2 Å². The molecule has 1 N–H and O–H groups in total. The molecule has 1 fully saturated rings. The highest BCUT2D eigenvalue weighted by Crippen LogP contribution is 2.36. The van der Waals surface area contributed by atoms with E-state index in [1.807, 2.05) is 4.90 Å². The molecule has 0 saturated carbocycles. The average molecular weight is 400 g/mol. The lowest BCUT2D eigenvalue weighted by Crippen LogP contribution is -2.49. The topological polar surface area (TPSA) is 61.4 Å². The van der Waals surface area contributed by atoms with Crippen LogP contribution in [0.1, 0.15) is 5.56 Å². The zero-order valence-electron chi connectivity index (χ0n) is 14.2. The molecule has 27 heavy (non-hydrogen) atoms. The Bertz CT molecular complexity index is 795.